The van der Waals surface area contributed by atoms with Gasteiger partial charge in [-0.15, -0.1) is 11.8 Å². The maximum atomic E-state index is 8.00. The van der Waals surface area contributed by atoms with Crippen molar-refractivity contribution in [1.29, 1.82) is 0 Å². The average Bonchev–Trinajstić information content (AvgIpc) is 2.41. The number of hydrogen-bond donors (Lipinski definition) is 0. The molecule has 0 amide bonds. The van der Waals surface area contributed by atoms with Crippen molar-refractivity contribution >= 4 is 18.6 Å². The van der Waals surface area contributed by atoms with Crippen LogP contribution in [-0.4, -0.2) is 11.8 Å². The Hall–Kier alpha value is -1.61. The predicted octanol–water partition coefficient (Wildman–Crippen LogP) is 3.50. The highest BCUT2D eigenvalue weighted by Crippen LogP contribution is 2.25. The molecule has 3 heteroatoms. The van der Waals surface area contributed by atoms with Crippen molar-refractivity contribution in [2.45, 2.75) is 17.6 Å². The minimum atomic E-state index is 0.985. The van der Waals surface area contributed by atoms with Crippen LogP contribution in [0.25, 0.3) is 0 Å². The lowest BCUT2D eigenvalue weighted by Crippen LogP contribution is -1.83. The first-order valence-corrected chi connectivity index (χ1v) is 6.21. The largest absolute Gasteiger partial charge is 0.307 e. The Morgan fingerprint density at radius 3 is 2.59 bits per heavy atom. The zero-order chi connectivity index (χ0) is 12.5. The van der Waals surface area contributed by atoms with Gasteiger partial charge in [0.05, 0.1) is 0 Å². The van der Waals surface area contributed by atoms with E-state index in [-0.39, 0.29) is 0 Å². The molecule has 1 heterocycles. The third-order valence-electron chi connectivity index (χ3n) is 2.21. The summed E-state index contributed by atoms with van der Waals surface area (Å²) in [5.74, 6) is 0.985. The fraction of sp³-hybridized carbons (Fsp3) is 0.143. The van der Waals surface area contributed by atoms with E-state index >= 15 is 0 Å². The average molecular weight is 245 g/mol. The number of thioether (sulfide) groups is 1. The molecule has 0 bridgehead atoms. The molecule has 88 valence electrons. The van der Waals surface area contributed by atoms with Gasteiger partial charge in [0.1, 0.15) is 6.79 Å². The summed E-state index contributed by atoms with van der Waals surface area (Å²) in [6.07, 6.45) is 3.73. The Labute approximate surface area is 106 Å². The van der Waals surface area contributed by atoms with Crippen LogP contribution in [0.3, 0.4) is 0 Å². The van der Waals surface area contributed by atoms with Crippen LogP contribution in [0.15, 0.2) is 53.7 Å². The second kappa shape index (κ2) is 7.63. The second-order valence-corrected chi connectivity index (χ2v) is 4.43. The minimum Gasteiger partial charge on any atom is -0.307 e. The molecule has 0 saturated heterocycles. The van der Waals surface area contributed by atoms with Crippen LogP contribution in [0.4, 0.5) is 0 Å². The number of pyridine rings is 1. The van der Waals surface area contributed by atoms with Crippen LogP contribution in [-0.2, 0) is 10.5 Å². The molecular formula is C14H15NOS. The Kier molecular flexibility index (Phi) is 6.04. The summed E-state index contributed by atoms with van der Waals surface area (Å²) >= 11 is 1.86. The van der Waals surface area contributed by atoms with Crippen molar-refractivity contribution < 1.29 is 4.79 Å². The summed E-state index contributed by atoms with van der Waals surface area (Å²) in [4.78, 5) is 13.5. The van der Waals surface area contributed by atoms with Gasteiger partial charge in [0.25, 0.3) is 0 Å². The van der Waals surface area contributed by atoms with Gasteiger partial charge in [0, 0.05) is 23.0 Å². The maximum absolute atomic E-state index is 8.00. The smallest absolute Gasteiger partial charge is 0.106 e. The first-order valence-electron chi connectivity index (χ1n) is 5.22. The Balaban J connectivity index is 0.000000686. The highest BCUT2D eigenvalue weighted by Gasteiger charge is 1.98. The van der Waals surface area contributed by atoms with Gasteiger partial charge in [0.15, 0.2) is 0 Å². The van der Waals surface area contributed by atoms with Gasteiger partial charge in [-0.2, -0.15) is 0 Å². The molecule has 0 aliphatic rings. The van der Waals surface area contributed by atoms with Gasteiger partial charge >= 0.3 is 0 Å². The van der Waals surface area contributed by atoms with Gasteiger partial charge in [-0.05, 0) is 30.2 Å². The van der Waals surface area contributed by atoms with Gasteiger partial charge in [-0.3, -0.25) is 4.98 Å². The van der Waals surface area contributed by atoms with E-state index < -0.39 is 0 Å². The number of hydrogen-bond acceptors (Lipinski definition) is 3. The van der Waals surface area contributed by atoms with Gasteiger partial charge in [0.2, 0.25) is 0 Å². The van der Waals surface area contributed by atoms with E-state index in [9.17, 15) is 0 Å². The lowest BCUT2D eigenvalue weighted by molar-refractivity contribution is -0.0979. The first kappa shape index (κ1) is 13.5. The molecule has 1 aromatic heterocycles. The number of carbonyl (C=O) groups excluding carboxylic acids is 1. The predicted molar refractivity (Wildman–Crippen MR) is 72.1 cm³/mol. The second-order valence-electron chi connectivity index (χ2n) is 3.42. The summed E-state index contributed by atoms with van der Waals surface area (Å²) in [5.41, 5.74) is 2.61. The molecule has 2 rings (SSSR count). The van der Waals surface area contributed by atoms with E-state index in [2.05, 4.69) is 42.2 Å². The van der Waals surface area contributed by atoms with E-state index in [1.54, 1.807) is 0 Å². The van der Waals surface area contributed by atoms with Crippen molar-refractivity contribution in [2.24, 2.45) is 0 Å². The number of carbonyl (C=O) groups is 1. The van der Waals surface area contributed by atoms with Gasteiger partial charge in [-0.1, -0.05) is 24.3 Å². The van der Waals surface area contributed by atoms with Gasteiger partial charge < -0.3 is 4.79 Å². The fourth-order valence-corrected chi connectivity index (χ4v) is 2.33. The summed E-state index contributed by atoms with van der Waals surface area (Å²) in [6, 6.07) is 12.6. The molecule has 0 atom stereocenters. The minimum absolute atomic E-state index is 0.985. The standard InChI is InChI=1S/C13H13NS.CH2O/c1-11-5-2-3-7-13(11)15-10-12-6-4-8-14-9-12;1-2/h2-9H,10H2,1H3;1H2. The Bertz CT molecular complexity index is 445. The normalized spacial score (nSPS) is 9.24. The number of aromatic nitrogens is 1. The number of nitrogens with zero attached hydrogens (tertiary/aromatic N) is 1. The first-order chi connectivity index (χ1) is 8.36. The van der Waals surface area contributed by atoms with Gasteiger partial charge in [-0.25, -0.2) is 0 Å². The SMILES string of the molecule is C=O.Cc1ccccc1SCc1cccnc1. The third-order valence-corrected chi connectivity index (χ3v) is 3.46. The lowest BCUT2D eigenvalue weighted by atomic mass is 10.2. The van der Waals surface area contributed by atoms with E-state index in [1.807, 2.05) is 37.0 Å². The molecule has 0 unspecified atom stereocenters. The number of aryl methyl sites for hydroxylation is 1. The molecule has 1 aromatic carbocycles. The maximum Gasteiger partial charge on any atom is 0.106 e. The van der Waals surface area contributed by atoms with Crippen LogP contribution in [0.2, 0.25) is 0 Å². The van der Waals surface area contributed by atoms with Crippen LogP contribution >= 0.6 is 11.8 Å². The third kappa shape index (κ3) is 4.41. The van der Waals surface area contributed by atoms with E-state index in [0.29, 0.717) is 0 Å². The summed E-state index contributed by atoms with van der Waals surface area (Å²) in [7, 11) is 0. The Morgan fingerprint density at radius 1 is 1.18 bits per heavy atom. The topological polar surface area (TPSA) is 30.0 Å². The zero-order valence-electron chi connectivity index (χ0n) is 9.80. The van der Waals surface area contributed by atoms with Crippen molar-refractivity contribution in [1.82, 2.24) is 4.98 Å². The van der Waals surface area contributed by atoms with Crippen LogP contribution < -0.4 is 0 Å². The molecular weight excluding hydrogens is 230 g/mol. The Morgan fingerprint density at radius 2 is 1.94 bits per heavy atom. The molecule has 2 aromatic rings. The van der Waals surface area contributed by atoms with E-state index in [4.69, 9.17) is 4.79 Å². The van der Waals surface area contributed by atoms with E-state index in [0.717, 1.165) is 5.75 Å². The van der Waals surface area contributed by atoms with E-state index in [1.165, 1.54) is 16.0 Å². The van der Waals surface area contributed by atoms with Crippen molar-refractivity contribution in [3.05, 3.63) is 59.9 Å². The molecule has 0 spiro atoms. The molecule has 0 aliphatic carbocycles. The molecule has 0 N–H and O–H groups in total. The molecule has 0 aliphatic heterocycles. The highest BCUT2D eigenvalue weighted by molar-refractivity contribution is 7.98. The molecule has 0 saturated carbocycles. The van der Waals surface area contributed by atoms with Crippen LogP contribution in [0, 0.1) is 6.92 Å². The van der Waals surface area contributed by atoms with Crippen molar-refractivity contribution in [3.63, 3.8) is 0 Å². The number of rotatable bonds is 3. The molecule has 0 radical (unpaired) electrons. The van der Waals surface area contributed by atoms with Crippen molar-refractivity contribution in [3.8, 4) is 0 Å². The lowest BCUT2D eigenvalue weighted by Gasteiger charge is -2.04. The summed E-state index contributed by atoms with van der Waals surface area (Å²) in [6.45, 7) is 4.14. The summed E-state index contributed by atoms with van der Waals surface area (Å²) in [5, 5.41) is 0. The molecule has 0 fully saturated rings. The fourth-order valence-electron chi connectivity index (χ4n) is 1.36. The zero-order valence-corrected chi connectivity index (χ0v) is 10.6. The highest BCUT2D eigenvalue weighted by atomic mass is 32.2. The van der Waals surface area contributed by atoms with Crippen molar-refractivity contribution in [2.75, 3.05) is 0 Å². The number of benzene rings is 1. The molecule has 17 heavy (non-hydrogen) atoms. The van der Waals surface area contributed by atoms with Crippen LogP contribution in [0.5, 0.6) is 0 Å². The summed E-state index contributed by atoms with van der Waals surface area (Å²) < 4.78 is 0. The van der Waals surface area contributed by atoms with Crippen LogP contribution in [0.1, 0.15) is 11.1 Å². The monoisotopic (exact) mass is 245 g/mol. The quantitative estimate of drug-likeness (QED) is 0.775. The molecule has 2 nitrogen and oxygen atoms in total.